The zero-order valence-corrected chi connectivity index (χ0v) is 14.1. The normalized spacial score (nSPS) is 23.6. The van der Waals surface area contributed by atoms with Crippen molar-refractivity contribution in [2.75, 3.05) is 6.61 Å². The Morgan fingerprint density at radius 3 is 2.67 bits per heavy atom. The van der Waals surface area contributed by atoms with Crippen LogP contribution in [0, 0.1) is 5.92 Å². The number of nitrogens with zero attached hydrogens (tertiary/aromatic N) is 2. The van der Waals surface area contributed by atoms with Crippen LogP contribution in [0.15, 0.2) is 40.8 Å². The average Bonchev–Trinajstić information content (AvgIpc) is 2.61. The van der Waals surface area contributed by atoms with Gasteiger partial charge in [-0.3, -0.25) is 19.6 Å². The van der Waals surface area contributed by atoms with Crippen molar-refractivity contribution in [1.82, 2.24) is 4.98 Å². The highest BCUT2D eigenvalue weighted by molar-refractivity contribution is 6.09. The Morgan fingerprint density at radius 2 is 2.00 bits per heavy atom. The SMILES string of the molecule is CCOC(=O)C1C(CC)=NC2=C(C(=O)CCC2)[C@H]1c1ccncc1. The van der Waals surface area contributed by atoms with E-state index in [9.17, 15) is 9.59 Å². The minimum atomic E-state index is -0.529. The van der Waals surface area contributed by atoms with Crippen LogP contribution in [0.25, 0.3) is 0 Å². The van der Waals surface area contributed by atoms with E-state index in [0.29, 0.717) is 25.0 Å². The van der Waals surface area contributed by atoms with Gasteiger partial charge in [-0.1, -0.05) is 6.92 Å². The second-order valence-electron chi connectivity index (χ2n) is 6.08. The van der Waals surface area contributed by atoms with Crippen LogP contribution < -0.4 is 0 Å². The third kappa shape index (κ3) is 2.90. The fraction of sp³-hybridized carbons (Fsp3) is 0.474. The summed E-state index contributed by atoms with van der Waals surface area (Å²) < 4.78 is 5.31. The van der Waals surface area contributed by atoms with Gasteiger partial charge in [-0.05, 0) is 43.9 Å². The molecule has 2 heterocycles. The van der Waals surface area contributed by atoms with Gasteiger partial charge in [0.2, 0.25) is 0 Å². The van der Waals surface area contributed by atoms with Crippen LogP contribution in [0.5, 0.6) is 0 Å². The van der Waals surface area contributed by atoms with E-state index >= 15 is 0 Å². The number of hydrogen-bond acceptors (Lipinski definition) is 5. The number of allylic oxidation sites excluding steroid dienone is 2. The fourth-order valence-corrected chi connectivity index (χ4v) is 3.65. The molecule has 0 aromatic carbocycles. The molecule has 0 bridgehead atoms. The van der Waals surface area contributed by atoms with Gasteiger partial charge in [0.1, 0.15) is 5.92 Å². The second-order valence-corrected chi connectivity index (χ2v) is 6.08. The first-order valence-corrected chi connectivity index (χ1v) is 8.57. The van der Waals surface area contributed by atoms with Gasteiger partial charge in [0, 0.05) is 41.7 Å². The predicted octanol–water partition coefficient (Wildman–Crippen LogP) is 3.22. The largest absolute Gasteiger partial charge is 0.465 e. The van der Waals surface area contributed by atoms with E-state index in [1.807, 2.05) is 19.1 Å². The monoisotopic (exact) mass is 326 g/mol. The number of aliphatic imine (C=N–C) groups is 1. The van der Waals surface area contributed by atoms with E-state index in [0.717, 1.165) is 29.8 Å². The highest BCUT2D eigenvalue weighted by Gasteiger charge is 2.43. The van der Waals surface area contributed by atoms with E-state index in [2.05, 4.69) is 4.98 Å². The van der Waals surface area contributed by atoms with Crippen LogP contribution in [-0.2, 0) is 14.3 Å². The maximum Gasteiger partial charge on any atom is 0.315 e. The lowest BCUT2D eigenvalue weighted by Gasteiger charge is -2.35. The third-order valence-corrected chi connectivity index (χ3v) is 4.68. The van der Waals surface area contributed by atoms with Crippen molar-refractivity contribution in [2.45, 2.75) is 45.4 Å². The summed E-state index contributed by atoms with van der Waals surface area (Å²) in [6.07, 6.45) is 6.20. The highest BCUT2D eigenvalue weighted by Crippen LogP contribution is 2.43. The minimum Gasteiger partial charge on any atom is -0.465 e. The minimum absolute atomic E-state index is 0.103. The number of esters is 1. The van der Waals surface area contributed by atoms with Gasteiger partial charge in [0.05, 0.1) is 6.61 Å². The molecule has 3 rings (SSSR count). The Balaban J connectivity index is 2.16. The molecule has 2 atom stereocenters. The molecule has 0 amide bonds. The molecule has 1 aromatic heterocycles. The van der Waals surface area contributed by atoms with Gasteiger partial charge in [0.15, 0.2) is 5.78 Å². The Kier molecular flexibility index (Phi) is 4.88. The van der Waals surface area contributed by atoms with E-state index in [-0.39, 0.29) is 17.7 Å². The smallest absolute Gasteiger partial charge is 0.315 e. The van der Waals surface area contributed by atoms with Gasteiger partial charge in [0.25, 0.3) is 0 Å². The Bertz CT molecular complexity index is 707. The molecule has 24 heavy (non-hydrogen) atoms. The van der Waals surface area contributed by atoms with Crippen molar-refractivity contribution in [3.8, 4) is 0 Å². The molecule has 0 N–H and O–H groups in total. The van der Waals surface area contributed by atoms with E-state index in [1.165, 1.54) is 0 Å². The number of hydrogen-bond donors (Lipinski definition) is 0. The molecule has 5 nitrogen and oxygen atoms in total. The molecule has 5 heteroatoms. The number of pyridine rings is 1. The number of ketones is 1. The van der Waals surface area contributed by atoms with Gasteiger partial charge < -0.3 is 4.74 Å². The lowest BCUT2D eigenvalue weighted by molar-refractivity contribution is -0.146. The average molecular weight is 326 g/mol. The van der Waals surface area contributed by atoms with Gasteiger partial charge in [-0.15, -0.1) is 0 Å². The molecule has 0 saturated heterocycles. The molecule has 0 spiro atoms. The number of rotatable bonds is 4. The van der Waals surface area contributed by atoms with Crippen molar-refractivity contribution >= 4 is 17.5 Å². The molecule has 1 unspecified atom stereocenters. The molecule has 126 valence electrons. The molecule has 1 aromatic rings. The van der Waals surface area contributed by atoms with Gasteiger partial charge >= 0.3 is 5.97 Å². The van der Waals surface area contributed by atoms with Crippen LogP contribution in [0.4, 0.5) is 0 Å². The summed E-state index contributed by atoms with van der Waals surface area (Å²) >= 11 is 0. The molecular weight excluding hydrogens is 304 g/mol. The van der Waals surface area contributed by atoms with Gasteiger partial charge in [-0.25, -0.2) is 0 Å². The van der Waals surface area contributed by atoms with Crippen LogP contribution in [0.3, 0.4) is 0 Å². The lowest BCUT2D eigenvalue weighted by Crippen LogP contribution is -2.38. The summed E-state index contributed by atoms with van der Waals surface area (Å²) in [5, 5.41) is 0. The number of Topliss-reactive ketones (excluding diaryl/α,β-unsaturated/α-hetero) is 1. The maximum atomic E-state index is 12.7. The van der Waals surface area contributed by atoms with Gasteiger partial charge in [-0.2, -0.15) is 0 Å². The second kappa shape index (κ2) is 7.07. The quantitative estimate of drug-likeness (QED) is 0.797. The molecule has 1 aliphatic heterocycles. The first kappa shape index (κ1) is 16.6. The van der Waals surface area contributed by atoms with Crippen molar-refractivity contribution in [1.29, 1.82) is 0 Å². The molecular formula is C19H22N2O3. The number of ether oxygens (including phenoxy) is 1. The third-order valence-electron chi connectivity index (χ3n) is 4.68. The van der Waals surface area contributed by atoms with E-state index < -0.39 is 5.92 Å². The first-order valence-electron chi connectivity index (χ1n) is 8.57. The van der Waals surface area contributed by atoms with E-state index in [1.54, 1.807) is 19.3 Å². The Labute approximate surface area is 141 Å². The lowest BCUT2D eigenvalue weighted by atomic mass is 9.71. The topological polar surface area (TPSA) is 68.6 Å². The van der Waals surface area contributed by atoms with Crippen LogP contribution in [-0.4, -0.2) is 29.1 Å². The van der Waals surface area contributed by atoms with Crippen LogP contribution >= 0.6 is 0 Å². The van der Waals surface area contributed by atoms with Crippen molar-refractivity contribution in [2.24, 2.45) is 10.9 Å². The predicted molar refractivity (Wildman–Crippen MR) is 90.7 cm³/mol. The summed E-state index contributed by atoms with van der Waals surface area (Å²) in [4.78, 5) is 34.1. The number of aromatic nitrogens is 1. The van der Waals surface area contributed by atoms with E-state index in [4.69, 9.17) is 9.73 Å². The zero-order valence-electron chi connectivity index (χ0n) is 14.1. The summed E-state index contributed by atoms with van der Waals surface area (Å²) in [5.74, 6) is -1.04. The summed E-state index contributed by atoms with van der Waals surface area (Å²) in [5.41, 5.74) is 3.28. The number of carbonyl (C=O) groups is 2. The van der Waals surface area contributed by atoms with Crippen molar-refractivity contribution < 1.29 is 14.3 Å². The van der Waals surface area contributed by atoms with Crippen LogP contribution in [0.2, 0.25) is 0 Å². The fourth-order valence-electron chi connectivity index (χ4n) is 3.65. The standard InChI is InChI=1S/C19H22N2O3/c1-3-13-18(19(23)24-4-2)16(12-8-10-20-11-9-12)17-14(21-13)6-5-7-15(17)22/h8-11,16,18H,3-7H2,1-2H3/t16-,18?/m1/s1. The Hall–Kier alpha value is -2.30. The highest BCUT2D eigenvalue weighted by atomic mass is 16.5. The first-order chi connectivity index (χ1) is 11.7. The number of carbonyl (C=O) groups excluding carboxylic acids is 2. The molecule has 1 aliphatic carbocycles. The zero-order chi connectivity index (χ0) is 17.1. The molecule has 2 aliphatic rings. The molecule has 0 saturated carbocycles. The molecule has 0 fully saturated rings. The maximum absolute atomic E-state index is 12.7. The molecule has 0 radical (unpaired) electrons. The summed E-state index contributed by atoms with van der Waals surface area (Å²) in [6.45, 7) is 4.10. The van der Waals surface area contributed by atoms with Crippen molar-refractivity contribution in [3.63, 3.8) is 0 Å². The summed E-state index contributed by atoms with van der Waals surface area (Å²) in [7, 11) is 0. The van der Waals surface area contributed by atoms with Crippen LogP contribution in [0.1, 0.15) is 51.0 Å². The summed E-state index contributed by atoms with van der Waals surface area (Å²) in [6, 6.07) is 3.75. The van der Waals surface area contributed by atoms with Crippen molar-refractivity contribution in [3.05, 3.63) is 41.4 Å². The Morgan fingerprint density at radius 1 is 1.25 bits per heavy atom.